The van der Waals surface area contributed by atoms with Crippen molar-refractivity contribution in [3.8, 4) is 0 Å². The summed E-state index contributed by atoms with van der Waals surface area (Å²) in [6.45, 7) is 8.33. The molecule has 1 amide bonds. The highest BCUT2D eigenvalue weighted by molar-refractivity contribution is 7.91. The van der Waals surface area contributed by atoms with Crippen molar-refractivity contribution in [3.05, 3.63) is 56.5 Å². The van der Waals surface area contributed by atoms with Gasteiger partial charge in [-0.2, -0.15) is 0 Å². The van der Waals surface area contributed by atoms with Crippen LogP contribution in [-0.4, -0.2) is 36.8 Å². The minimum absolute atomic E-state index is 0.0145. The number of hydrogen-bond acceptors (Lipinski definition) is 5. The monoisotopic (exact) mass is 431 g/mol. The zero-order valence-electron chi connectivity index (χ0n) is 17.1. The fraction of sp³-hybridized carbons (Fsp3) is 0.409. The van der Waals surface area contributed by atoms with Crippen LogP contribution in [0.1, 0.15) is 44.1 Å². The zero-order chi connectivity index (χ0) is 20.9. The van der Waals surface area contributed by atoms with Crippen LogP contribution in [0, 0.1) is 27.7 Å². The smallest absolute Gasteiger partial charge is 0.290 e. The maximum absolute atomic E-state index is 13.6. The van der Waals surface area contributed by atoms with Gasteiger partial charge in [0.15, 0.2) is 15.6 Å². The van der Waals surface area contributed by atoms with E-state index in [-0.39, 0.29) is 23.5 Å². The summed E-state index contributed by atoms with van der Waals surface area (Å²) in [6.07, 6.45) is 0.468. The second-order valence-electron chi connectivity index (χ2n) is 8.03. The van der Waals surface area contributed by atoms with E-state index in [4.69, 9.17) is 4.42 Å². The van der Waals surface area contributed by atoms with E-state index in [1.54, 1.807) is 16.2 Å². The molecule has 1 atom stereocenters. The number of nitrogens with zero attached hydrogens (tertiary/aromatic N) is 1. The molecular weight excluding hydrogens is 406 g/mol. The predicted molar refractivity (Wildman–Crippen MR) is 116 cm³/mol. The van der Waals surface area contributed by atoms with Crippen LogP contribution in [0.15, 0.2) is 28.0 Å². The summed E-state index contributed by atoms with van der Waals surface area (Å²) in [6, 6.07) is 5.71. The molecule has 1 fully saturated rings. The summed E-state index contributed by atoms with van der Waals surface area (Å²) in [7, 11) is -3.11. The number of hydrogen-bond donors (Lipinski definition) is 0. The van der Waals surface area contributed by atoms with Crippen molar-refractivity contribution < 1.29 is 17.6 Å². The van der Waals surface area contributed by atoms with Gasteiger partial charge in [-0.05, 0) is 68.3 Å². The van der Waals surface area contributed by atoms with Gasteiger partial charge in [-0.25, -0.2) is 8.42 Å². The van der Waals surface area contributed by atoms with E-state index in [1.807, 2.05) is 45.2 Å². The molecule has 0 radical (unpaired) electrons. The van der Waals surface area contributed by atoms with Crippen molar-refractivity contribution in [2.75, 3.05) is 11.5 Å². The Morgan fingerprint density at radius 1 is 1.21 bits per heavy atom. The third-order valence-corrected chi connectivity index (χ3v) is 8.52. The zero-order valence-corrected chi connectivity index (χ0v) is 18.7. The molecule has 0 bridgehead atoms. The Labute approximate surface area is 175 Å². The molecule has 1 saturated heterocycles. The first-order chi connectivity index (χ1) is 13.7. The van der Waals surface area contributed by atoms with Crippen molar-refractivity contribution in [2.24, 2.45) is 0 Å². The number of carbonyl (C=O) groups excluding carboxylic acids is 1. The summed E-state index contributed by atoms with van der Waals surface area (Å²) >= 11 is 1.59. The summed E-state index contributed by atoms with van der Waals surface area (Å²) < 4.78 is 30.2. The van der Waals surface area contributed by atoms with E-state index in [9.17, 15) is 13.2 Å². The van der Waals surface area contributed by atoms with E-state index in [1.165, 1.54) is 0 Å². The number of carbonyl (C=O) groups is 1. The van der Waals surface area contributed by atoms with Crippen LogP contribution in [0.2, 0.25) is 0 Å². The molecule has 7 heteroatoms. The number of benzene rings is 1. The molecule has 2 aromatic heterocycles. The van der Waals surface area contributed by atoms with Crippen molar-refractivity contribution in [1.82, 2.24) is 4.90 Å². The third kappa shape index (κ3) is 3.73. The summed E-state index contributed by atoms with van der Waals surface area (Å²) in [4.78, 5) is 16.4. The van der Waals surface area contributed by atoms with E-state index < -0.39 is 9.84 Å². The van der Waals surface area contributed by atoms with Gasteiger partial charge in [0.2, 0.25) is 0 Å². The average molecular weight is 432 g/mol. The molecule has 29 heavy (non-hydrogen) atoms. The Morgan fingerprint density at radius 3 is 2.59 bits per heavy atom. The molecule has 1 aromatic carbocycles. The fourth-order valence-electron chi connectivity index (χ4n) is 4.23. The number of rotatable bonds is 4. The first kappa shape index (κ1) is 20.2. The second kappa shape index (κ2) is 7.29. The minimum atomic E-state index is -3.11. The van der Waals surface area contributed by atoms with E-state index in [0.29, 0.717) is 24.3 Å². The molecule has 154 valence electrons. The number of sulfone groups is 1. The fourth-order valence-corrected chi connectivity index (χ4v) is 6.87. The highest BCUT2D eigenvalue weighted by Crippen LogP contribution is 2.32. The van der Waals surface area contributed by atoms with E-state index in [2.05, 4.69) is 6.07 Å². The Kier molecular flexibility index (Phi) is 5.07. The lowest BCUT2D eigenvalue weighted by atomic mass is 10.0. The largest absolute Gasteiger partial charge is 0.451 e. The lowest BCUT2D eigenvalue weighted by molar-refractivity contribution is 0.0651. The standard InChI is InChI=1S/C22H25NO4S2/c1-13-9-15(3)20-16(4)21(27-18(20)10-13)22(24)23(11-19-14(2)5-7-28-19)17-6-8-29(25,26)12-17/h5,7,9-10,17H,6,8,11-12H2,1-4H3/t17-/m0/s1. The van der Waals surface area contributed by atoms with E-state index >= 15 is 0 Å². The van der Waals surface area contributed by atoms with Crippen LogP contribution in [0.4, 0.5) is 0 Å². The van der Waals surface area contributed by atoms with Gasteiger partial charge in [0, 0.05) is 21.9 Å². The van der Waals surface area contributed by atoms with E-state index in [0.717, 1.165) is 32.5 Å². The van der Waals surface area contributed by atoms with Crippen molar-refractivity contribution in [3.63, 3.8) is 0 Å². The Bertz CT molecular complexity index is 1200. The normalized spacial score (nSPS) is 18.4. The molecule has 0 aliphatic carbocycles. The maximum atomic E-state index is 13.6. The Balaban J connectivity index is 1.77. The van der Waals surface area contributed by atoms with Crippen LogP contribution in [0.25, 0.3) is 11.0 Å². The number of fused-ring (bicyclic) bond motifs is 1. The van der Waals surface area contributed by atoms with Crippen LogP contribution >= 0.6 is 11.3 Å². The molecule has 1 aliphatic rings. The summed E-state index contributed by atoms with van der Waals surface area (Å²) in [5.41, 5.74) is 4.78. The third-order valence-electron chi connectivity index (χ3n) is 5.76. The number of thiophene rings is 1. The SMILES string of the molecule is Cc1cc(C)c2c(C)c(C(=O)N(Cc3sccc3C)[C@H]3CCS(=O)(=O)C3)oc2c1. The first-order valence-electron chi connectivity index (χ1n) is 9.71. The molecule has 5 nitrogen and oxygen atoms in total. The highest BCUT2D eigenvalue weighted by atomic mass is 32.2. The lowest BCUT2D eigenvalue weighted by Gasteiger charge is -2.27. The second-order valence-corrected chi connectivity index (χ2v) is 11.3. The van der Waals surface area contributed by atoms with Gasteiger partial charge in [-0.15, -0.1) is 11.3 Å². The molecule has 0 unspecified atom stereocenters. The lowest BCUT2D eigenvalue weighted by Crippen LogP contribution is -2.40. The molecule has 1 aliphatic heterocycles. The minimum Gasteiger partial charge on any atom is -0.451 e. The topological polar surface area (TPSA) is 67.6 Å². The van der Waals surface area contributed by atoms with Crippen molar-refractivity contribution >= 4 is 38.1 Å². The van der Waals surface area contributed by atoms with Gasteiger partial charge < -0.3 is 9.32 Å². The Hall–Kier alpha value is -2.12. The van der Waals surface area contributed by atoms with Crippen LogP contribution in [-0.2, 0) is 16.4 Å². The van der Waals surface area contributed by atoms with Crippen LogP contribution in [0.5, 0.6) is 0 Å². The number of furan rings is 1. The molecule has 0 N–H and O–H groups in total. The van der Waals surface area contributed by atoms with Gasteiger partial charge in [-0.3, -0.25) is 4.79 Å². The van der Waals surface area contributed by atoms with Crippen molar-refractivity contribution in [2.45, 2.75) is 46.7 Å². The van der Waals surface area contributed by atoms with Gasteiger partial charge in [0.25, 0.3) is 5.91 Å². The highest BCUT2D eigenvalue weighted by Gasteiger charge is 2.37. The van der Waals surface area contributed by atoms with Gasteiger partial charge >= 0.3 is 0 Å². The number of aryl methyl sites for hydroxylation is 4. The van der Waals surface area contributed by atoms with Gasteiger partial charge in [0.05, 0.1) is 18.1 Å². The maximum Gasteiger partial charge on any atom is 0.290 e. The van der Waals surface area contributed by atoms with Crippen LogP contribution in [0.3, 0.4) is 0 Å². The first-order valence-corrected chi connectivity index (χ1v) is 12.4. The van der Waals surface area contributed by atoms with Gasteiger partial charge in [0.1, 0.15) is 5.58 Å². The molecule has 0 saturated carbocycles. The summed E-state index contributed by atoms with van der Waals surface area (Å²) in [5, 5.41) is 2.96. The predicted octanol–water partition coefficient (Wildman–Crippen LogP) is 4.56. The molecule has 0 spiro atoms. The van der Waals surface area contributed by atoms with Gasteiger partial charge in [-0.1, -0.05) is 6.07 Å². The average Bonchev–Trinajstić information content (AvgIpc) is 3.29. The Morgan fingerprint density at radius 2 is 1.97 bits per heavy atom. The van der Waals surface area contributed by atoms with Crippen molar-refractivity contribution in [1.29, 1.82) is 0 Å². The molecule has 3 heterocycles. The molecule has 4 rings (SSSR count). The quantitative estimate of drug-likeness (QED) is 0.607. The number of amides is 1. The van der Waals surface area contributed by atoms with Crippen LogP contribution < -0.4 is 0 Å². The summed E-state index contributed by atoms with van der Waals surface area (Å²) in [5.74, 6) is 0.223. The molecular formula is C22H25NO4S2. The molecule has 3 aromatic rings.